The average Bonchev–Trinajstić information content (AvgIpc) is 2.99. The molecule has 0 aromatic rings. The maximum atomic E-state index is 12.0. The minimum Gasteiger partial charge on any atom is -0.454 e. The number of fused-ring (bicyclic) bond motifs is 1. The van der Waals surface area contributed by atoms with Gasteiger partial charge in [0.25, 0.3) is 0 Å². The van der Waals surface area contributed by atoms with Gasteiger partial charge >= 0.3 is 5.97 Å². The molecule has 0 aromatic heterocycles. The van der Waals surface area contributed by atoms with Crippen LogP contribution in [0, 0.1) is 11.3 Å². The predicted octanol–water partition coefficient (Wildman–Crippen LogP) is 1.96. The molecular formula is C16H22O4. The maximum absolute atomic E-state index is 12.0. The first kappa shape index (κ1) is 12.8. The van der Waals surface area contributed by atoms with E-state index in [-0.39, 0.29) is 41.2 Å². The maximum Gasteiger partial charge on any atom is 0.334 e. The molecular weight excluding hydrogens is 256 g/mol. The summed E-state index contributed by atoms with van der Waals surface area (Å²) in [6.45, 7) is 6.35. The molecule has 6 atom stereocenters. The van der Waals surface area contributed by atoms with Crippen LogP contribution in [0.15, 0.2) is 11.1 Å². The van der Waals surface area contributed by atoms with Gasteiger partial charge in [0.15, 0.2) is 0 Å². The first-order chi connectivity index (χ1) is 9.43. The molecule has 0 radical (unpaired) electrons. The van der Waals surface area contributed by atoms with Gasteiger partial charge in [0.05, 0.1) is 12.2 Å². The van der Waals surface area contributed by atoms with E-state index in [0.29, 0.717) is 0 Å². The number of carbonyl (C=O) groups excluding carboxylic acids is 1. The summed E-state index contributed by atoms with van der Waals surface area (Å²) in [4.78, 5) is 12.0. The molecule has 110 valence electrons. The number of hydrogen-bond donors (Lipinski definition) is 1. The predicted molar refractivity (Wildman–Crippen MR) is 71.9 cm³/mol. The lowest BCUT2D eigenvalue weighted by Gasteiger charge is -2.50. The third-order valence-electron chi connectivity index (χ3n) is 6.49. The lowest BCUT2D eigenvalue weighted by molar-refractivity contribution is -0.143. The topological polar surface area (TPSA) is 59.1 Å². The fourth-order valence-electron chi connectivity index (χ4n) is 4.94. The van der Waals surface area contributed by atoms with E-state index >= 15 is 0 Å². The van der Waals surface area contributed by atoms with Crippen molar-refractivity contribution < 1.29 is 19.4 Å². The fraction of sp³-hybridized carbons (Fsp3) is 0.812. The van der Waals surface area contributed by atoms with Crippen molar-refractivity contribution in [2.24, 2.45) is 11.3 Å². The summed E-state index contributed by atoms with van der Waals surface area (Å²) in [5.41, 5.74) is 1.76. The Morgan fingerprint density at radius 1 is 1.45 bits per heavy atom. The number of epoxide rings is 1. The van der Waals surface area contributed by atoms with Gasteiger partial charge in [-0.25, -0.2) is 4.79 Å². The lowest BCUT2D eigenvalue weighted by Crippen LogP contribution is -2.55. The number of rotatable bonds is 1. The minimum atomic E-state index is -0.305. The second kappa shape index (κ2) is 3.66. The van der Waals surface area contributed by atoms with Crippen LogP contribution in [-0.4, -0.2) is 35.0 Å². The van der Waals surface area contributed by atoms with Crippen LogP contribution in [0.4, 0.5) is 0 Å². The SMILES string of the molecule is CCC1=C2CC3(C)C(C)C(O)CC4OC43CC2OC1=O. The van der Waals surface area contributed by atoms with Crippen LogP contribution in [0.2, 0.25) is 0 Å². The van der Waals surface area contributed by atoms with Crippen molar-refractivity contribution >= 4 is 5.97 Å². The number of aliphatic hydroxyl groups excluding tert-OH is 1. The summed E-state index contributed by atoms with van der Waals surface area (Å²) >= 11 is 0. The summed E-state index contributed by atoms with van der Waals surface area (Å²) < 4.78 is 11.6. The largest absolute Gasteiger partial charge is 0.454 e. The molecule has 20 heavy (non-hydrogen) atoms. The van der Waals surface area contributed by atoms with E-state index in [4.69, 9.17) is 9.47 Å². The Kier molecular flexibility index (Phi) is 2.35. The van der Waals surface area contributed by atoms with Crippen LogP contribution >= 0.6 is 0 Å². The van der Waals surface area contributed by atoms with Crippen LogP contribution in [0.5, 0.6) is 0 Å². The normalized spacial score (nSPS) is 53.1. The highest BCUT2D eigenvalue weighted by Crippen LogP contribution is 2.68. The molecule has 2 aliphatic carbocycles. The highest BCUT2D eigenvalue weighted by atomic mass is 16.6. The summed E-state index contributed by atoms with van der Waals surface area (Å²) in [7, 11) is 0. The van der Waals surface area contributed by atoms with Gasteiger partial charge in [-0.05, 0) is 24.3 Å². The van der Waals surface area contributed by atoms with E-state index in [1.54, 1.807) is 0 Å². The van der Waals surface area contributed by atoms with Gasteiger partial charge in [0, 0.05) is 23.8 Å². The second-order valence-electron chi connectivity index (χ2n) is 7.14. The third kappa shape index (κ3) is 1.27. The zero-order valence-corrected chi connectivity index (χ0v) is 12.3. The molecule has 4 nitrogen and oxygen atoms in total. The lowest BCUT2D eigenvalue weighted by atomic mass is 9.53. The fourth-order valence-corrected chi connectivity index (χ4v) is 4.94. The summed E-state index contributed by atoms with van der Waals surface area (Å²) in [5, 5.41) is 10.3. The summed E-state index contributed by atoms with van der Waals surface area (Å²) in [6, 6.07) is 0. The Bertz CT molecular complexity index is 525. The smallest absolute Gasteiger partial charge is 0.334 e. The zero-order chi connectivity index (χ0) is 14.3. The number of aliphatic hydroxyl groups is 1. The molecule has 0 amide bonds. The Morgan fingerprint density at radius 3 is 2.90 bits per heavy atom. The number of ether oxygens (including phenoxy) is 2. The third-order valence-corrected chi connectivity index (χ3v) is 6.49. The Labute approximate surface area is 119 Å². The molecule has 6 unspecified atom stereocenters. The Morgan fingerprint density at radius 2 is 2.20 bits per heavy atom. The van der Waals surface area contributed by atoms with E-state index in [9.17, 15) is 9.90 Å². The summed E-state index contributed by atoms with van der Waals surface area (Å²) in [5.74, 6) is 0.0417. The van der Waals surface area contributed by atoms with E-state index < -0.39 is 0 Å². The Balaban J connectivity index is 1.78. The summed E-state index contributed by atoms with van der Waals surface area (Å²) in [6.07, 6.45) is 2.80. The highest BCUT2D eigenvalue weighted by molar-refractivity contribution is 5.92. The first-order valence-corrected chi connectivity index (χ1v) is 7.71. The van der Waals surface area contributed by atoms with Gasteiger partial charge in [-0.1, -0.05) is 20.8 Å². The van der Waals surface area contributed by atoms with Crippen molar-refractivity contribution in [3.05, 3.63) is 11.1 Å². The quantitative estimate of drug-likeness (QED) is 0.588. The van der Waals surface area contributed by atoms with Gasteiger partial charge in [-0.2, -0.15) is 0 Å². The van der Waals surface area contributed by atoms with Crippen molar-refractivity contribution in [1.29, 1.82) is 0 Å². The highest BCUT2D eigenvalue weighted by Gasteiger charge is 2.75. The molecule has 2 saturated carbocycles. The van der Waals surface area contributed by atoms with Gasteiger partial charge in [0.1, 0.15) is 11.7 Å². The molecule has 2 heterocycles. The van der Waals surface area contributed by atoms with Crippen LogP contribution in [0.3, 0.4) is 0 Å². The van der Waals surface area contributed by atoms with E-state index in [0.717, 1.165) is 31.3 Å². The standard InChI is InChI=1S/C16H22O4/c1-4-9-10-6-15(3)8(2)11(17)5-13-16(15,20-13)7-12(10)19-14(9)18/h8,11-13,17H,4-7H2,1-3H3. The number of esters is 1. The van der Waals surface area contributed by atoms with Crippen molar-refractivity contribution in [1.82, 2.24) is 0 Å². The zero-order valence-electron chi connectivity index (χ0n) is 12.3. The van der Waals surface area contributed by atoms with Crippen LogP contribution in [0.1, 0.15) is 46.5 Å². The van der Waals surface area contributed by atoms with Gasteiger partial charge in [-0.15, -0.1) is 0 Å². The molecule has 1 saturated heterocycles. The first-order valence-electron chi connectivity index (χ1n) is 7.71. The molecule has 0 aromatic carbocycles. The minimum absolute atomic E-state index is 0.0852. The van der Waals surface area contributed by atoms with Crippen LogP contribution in [0.25, 0.3) is 0 Å². The second-order valence-corrected chi connectivity index (χ2v) is 7.14. The molecule has 1 N–H and O–H groups in total. The molecule has 1 spiro atoms. The number of hydrogen-bond acceptors (Lipinski definition) is 4. The van der Waals surface area contributed by atoms with E-state index in [2.05, 4.69) is 13.8 Å². The average molecular weight is 278 g/mol. The van der Waals surface area contributed by atoms with Crippen LogP contribution in [-0.2, 0) is 14.3 Å². The molecule has 2 aliphatic heterocycles. The molecule has 4 heteroatoms. The van der Waals surface area contributed by atoms with E-state index in [1.807, 2.05) is 6.92 Å². The number of carbonyl (C=O) groups is 1. The van der Waals surface area contributed by atoms with Gasteiger partial charge in [-0.3, -0.25) is 0 Å². The Hall–Kier alpha value is -0.870. The van der Waals surface area contributed by atoms with Crippen molar-refractivity contribution in [3.63, 3.8) is 0 Å². The van der Waals surface area contributed by atoms with E-state index in [1.165, 1.54) is 5.57 Å². The van der Waals surface area contributed by atoms with Crippen molar-refractivity contribution in [2.75, 3.05) is 0 Å². The molecule has 3 fully saturated rings. The van der Waals surface area contributed by atoms with Crippen LogP contribution < -0.4 is 0 Å². The van der Waals surface area contributed by atoms with Gasteiger partial charge in [0.2, 0.25) is 0 Å². The monoisotopic (exact) mass is 278 g/mol. The molecule has 4 aliphatic rings. The van der Waals surface area contributed by atoms with Crippen molar-refractivity contribution in [2.45, 2.75) is 70.4 Å². The molecule has 4 rings (SSSR count). The molecule has 0 bridgehead atoms. The van der Waals surface area contributed by atoms with Crippen molar-refractivity contribution in [3.8, 4) is 0 Å². The van der Waals surface area contributed by atoms with Gasteiger partial charge < -0.3 is 14.6 Å².